The number of aromatic carboxylic acids is 2. The molecule has 0 saturated carbocycles. The topological polar surface area (TPSA) is 74.6 Å². The van der Waals surface area contributed by atoms with E-state index in [0.717, 1.165) is 0 Å². The van der Waals surface area contributed by atoms with Gasteiger partial charge < -0.3 is 13.1 Å². The molecule has 0 aliphatic rings. The minimum atomic E-state index is -1.23. The van der Waals surface area contributed by atoms with Crippen LogP contribution >= 0.6 is 0 Å². The van der Waals surface area contributed by atoms with Crippen molar-refractivity contribution in [2.24, 2.45) is 0 Å². The van der Waals surface area contributed by atoms with Crippen molar-refractivity contribution in [2.75, 3.05) is 0 Å². The quantitative estimate of drug-likeness (QED) is 0.786. The van der Waals surface area contributed by atoms with Gasteiger partial charge >= 0.3 is 49.7 Å². The number of carboxylic acid groups (broad SMARTS) is 2. The predicted molar refractivity (Wildman–Crippen MR) is 48.3 cm³/mol. The van der Waals surface area contributed by atoms with E-state index in [-0.39, 0.29) is 71.2 Å². The van der Waals surface area contributed by atoms with Crippen LogP contribution in [0.5, 0.6) is 0 Å². The average Bonchev–Trinajstić information content (AvgIpc) is 2.04. The summed E-state index contributed by atoms with van der Waals surface area (Å²) in [4.78, 5) is 20.9. The van der Waals surface area contributed by atoms with Crippen molar-refractivity contribution >= 4 is 49.7 Å². The van der Waals surface area contributed by atoms with Gasteiger partial charge in [0.2, 0.25) is 0 Å². The number of benzene rings is 1. The fourth-order valence-electron chi connectivity index (χ4n) is 0.856. The first kappa shape index (κ1) is 16.5. The molecule has 14 heavy (non-hydrogen) atoms. The molecule has 1 rings (SSSR count). The minimum absolute atomic E-state index is 0. The Balaban J connectivity index is -0.000000180. The summed E-state index contributed by atoms with van der Waals surface area (Å²) in [5.74, 6) is -2.46. The third-order valence-corrected chi connectivity index (χ3v) is 1.39. The first-order valence-corrected chi connectivity index (χ1v) is 3.18. The third kappa shape index (κ3) is 4.05. The first-order chi connectivity index (χ1) is 5.63. The summed E-state index contributed by atoms with van der Waals surface area (Å²) >= 11 is 0. The summed E-state index contributed by atoms with van der Waals surface area (Å²) in [6.07, 6.45) is 0. The number of carbonyl (C=O) groups is 2. The minimum Gasteiger partial charge on any atom is -1.00 e. The number of carboxylic acids is 2. The van der Waals surface area contributed by atoms with Crippen LogP contribution in [0, 0.1) is 0 Å². The summed E-state index contributed by atoms with van der Waals surface area (Å²) in [7, 11) is 0. The molecular formula is C8H8CaO4Zn. The van der Waals surface area contributed by atoms with Crippen LogP contribution < -0.4 is 0 Å². The molecule has 1 aromatic carbocycles. The van der Waals surface area contributed by atoms with Gasteiger partial charge in [-0.05, 0) is 12.1 Å². The van der Waals surface area contributed by atoms with Crippen LogP contribution in [0.1, 0.15) is 23.6 Å². The molecular weight excluding hydrogens is 266 g/mol. The molecule has 68 valence electrons. The smallest absolute Gasteiger partial charge is 1.00 e. The molecule has 0 spiro atoms. The van der Waals surface area contributed by atoms with Gasteiger partial charge in [0.1, 0.15) is 0 Å². The van der Waals surface area contributed by atoms with Gasteiger partial charge in [0.05, 0.1) is 11.1 Å². The Morgan fingerprint density at radius 1 is 1.00 bits per heavy atom. The SMILES string of the molecule is O=C(O)c1ccccc1C(=O)O.[Ca+2].[H-].[H-].[Zn]. The molecule has 0 bridgehead atoms. The van der Waals surface area contributed by atoms with Gasteiger partial charge in [-0.2, -0.15) is 0 Å². The molecule has 0 aromatic heterocycles. The Kier molecular flexibility index (Phi) is 8.65. The molecule has 0 atom stereocenters. The van der Waals surface area contributed by atoms with Crippen molar-refractivity contribution < 1.29 is 42.1 Å². The summed E-state index contributed by atoms with van der Waals surface area (Å²) < 4.78 is 0. The Hall–Kier alpha value is 0.0431. The van der Waals surface area contributed by atoms with Crippen molar-refractivity contribution in [3.8, 4) is 0 Å². The Bertz CT molecular complexity index is 316. The van der Waals surface area contributed by atoms with Crippen LogP contribution in [0.4, 0.5) is 0 Å². The van der Waals surface area contributed by atoms with E-state index in [2.05, 4.69) is 0 Å². The summed E-state index contributed by atoms with van der Waals surface area (Å²) in [5, 5.41) is 17.1. The van der Waals surface area contributed by atoms with E-state index < -0.39 is 11.9 Å². The van der Waals surface area contributed by atoms with Gasteiger partial charge in [-0.3, -0.25) is 0 Å². The fourth-order valence-corrected chi connectivity index (χ4v) is 0.856. The normalized spacial score (nSPS) is 8.00. The molecule has 4 nitrogen and oxygen atoms in total. The standard InChI is InChI=1S/C8H6O4.Ca.Zn.2H/c9-7(10)5-3-1-2-4-6(5)8(11)12;;;;/h1-4H,(H,9,10)(H,11,12);;;;/q;+2;;2*-1. The fraction of sp³-hybridized carbons (Fsp3) is 0. The van der Waals surface area contributed by atoms with Gasteiger partial charge in [0.25, 0.3) is 0 Å². The van der Waals surface area contributed by atoms with E-state index in [9.17, 15) is 9.59 Å². The van der Waals surface area contributed by atoms with E-state index in [1.165, 1.54) is 24.3 Å². The van der Waals surface area contributed by atoms with Crippen LogP contribution in [0.3, 0.4) is 0 Å². The molecule has 0 saturated heterocycles. The predicted octanol–water partition coefficient (Wildman–Crippen LogP) is 0.925. The molecule has 0 radical (unpaired) electrons. The second kappa shape index (κ2) is 7.35. The number of hydrogen-bond donors (Lipinski definition) is 2. The van der Waals surface area contributed by atoms with Gasteiger partial charge in [-0.15, -0.1) is 0 Å². The van der Waals surface area contributed by atoms with Crippen LogP contribution in [-0.4, -0.2) is 59.9 Å². The summed E-state index contributed by atoms with van der Waals surface area (Å²) in [5.41, 5.74) is -0.380. The number of rotatable bonds is 2. The maximum atomic E-state index is 10.5. The van der Waals surface area contributed by atoms with Crippen molar-refractivity contribution in [3.05, 3.63) is 35.4 Å². The van der Waals surface area contributed by atoms with E-state index in [0.29, 0.717) is 0 Å². The zero-order valence-electron chi connectivity index (χ0n) is 9.43. The second-order valence-electron chi connectivity index (χ2n) is 2.16. The molecule has 1 aromatic rings. The first-order valence-electron chi connectivity index (χ1n) is 3.18. The summed E-state index contributed by atoms with van der Waals surface area (Å²) in [6, 6.07) is 5.48. The molecule has 0 heterocycles. The molecule has 0 fully saturated rings. The third-order valence-electron chi connectivity index (χ3n) is 1.39. The Morgan fingerprint density at radius 3 is 1.50 bits per heavy atom. The van der Waals surface area contributed by atoms with Crippen molar-refractivity contribution in [1.29, 1.82) is 0 Å². The van der Waals surface area contributed by atoms with Crippen LogP contribution in [-0.2, 0) is 19.5 Å². The molecule has 2 N–H and O–H groups in total. The molecule has 0 aliphatic heterocycles. The van der Waals surface area contributed by atoms with Gasteiger partial charge in [-0.1, -0.05) is 12.1 Å². The zero-order valence-corrected chi connectivity index (χ0v) is 12.6. The van der Waals surface area contributed by atoms with Crippen LogP contribution in [0.25, 0.3) is 0 Å². The molecule has 6 heteroatoms. The van der Waals surface area contributed by atoms with Gasteiger partial charge in [0, 0.05) is 19.5 Å². The van der Waals surface area contributed by atoms with E-state index in [1.807, 2.05) is 0 Å². The maximum absolute atomic E-state index is 10.5. The zero-order chi connectivity index (χ0) is 9.14. The summed E-state index contributed by atoms with van der Waals surface area (Å²) in [6.45, 7) is 0. The number of hydrogen-bond acceptors (Lipinski definition) is 2. The molecule has 0 amide bonds. The average molecular weight is 274 g/mol. The van der Waals surface area contributed by atoms with Gasteiger partial charge in [-0.25, -0.2) is 9.59 Å². The monoisotopic (exact) mass is 272 g/mol. The molecule has 0 aliphatic carbocycles. The Morgan fingerprint density at radius 2 is 1.29 bits per heavy atom. The van der Waals surface area contributed by atoms with Gasteiger partial charge in [0.15, 0.2) is 0 Å². The van der Waals surface area contributed by atoms with Crippen molar-refractivity contribution in [3.63, 3.8) is 0 Å². The largest absolute Gasteiger partial charge is 2.00 e. The van der Waals surface area contributed by atoms with Crippen LogP contribution in [0.2, 0.25) is 0 Å². The maximum Gasteiger partial charge on any atom is 2.00 e. The molecule has 0 unspecified atom stereocenters. The van der Waals surface area contributed by atoms with Crippen LogP contribution in [0.15, 0.2) is 24.3 Å². The van der Waals surface area contributed by atoms with E-state index >= 15 is 0 Å². The second-order valence-corrected chi connectivity index (χ2v) is 2.16. The van der Waals surface area contributed by atoms with Crippen molar-refractivity contribution in [2.45, 2.75) is 0 Å². The van der Waals surface area contributed by atoms with E-state index in [4.69, 9.17) is 10.2 Å². The Labute approximate surface area is 126 Å². The van der Waals surface area contributed by atoms with E-state index in [1.54, 1.807) is 0 Å². The van der Waals surface area contributed by atoms with Crippen molar-refractivity contribution in [1.82, 2.24) is 0 Å².